The average molecular weight is 371 g/mol. The van der Waals surface area contributed by atoms with Crippen LogP contribution in [0.1, 0.15) is 69.4 Å². The number of amides is 1. The molecule has 0 aromatic carbocycles. The molecule has 0 spiro atoms. The normalized spacial score (nSPS) is 14.8. The lowest BCUT2D eigenvalue weighted by Crippen LogP contribution is -2.40. The highest BCUT2D eigenvalue weighted by atomic mass is 16.6. The SMILES string of the molecule is CCC(=O)c1cn2cc(CN(CC3CCC3)C(=O)OC(C)(C)C)ccc2n1. The van der Waals surface area contributed by atoms with Crippen molar-refractivity contribution in [3.05, 3.63) is 35.8 Å². The molecule has 1 fully saturated rings. The Kier molecular flexibility index (Phi) is 5.53. The summed E-state index contributed by atoms with van der Waals surface area (Å²) >= 11 is 0. The van der Waals surface area contributed by atoms with E-state index < -0.39 is 5.60 Å². The molecular weight excluding hydrogens is 342 g/mol. The largest absolute Gasteiger partial charge is 0.444 e. The Bertz CT molecular complexity index is 831. The first-order valence-corrected chi connectivity index (χ1v) is 9.74. The summed E-state index contributed by atoms with van der Waals surface area (Å²) in [5, 5.41) is 0. The maximum Gasteiger partial charge on any atom is 0.410 e. The van der Waals surface area contributed by atoms with Crippen LogP contribution in [-0.2, 0) is 11.3 Å². The Morgan fingerprint density at radius 2 is 2.00 bits per heavy atom. The van der Waals surface area contributed by atoms with Crippen molar-refractivity contribution in [1.82, 2.24) is 14.3 Å². The van der Waals surface area contributed by atoms with Gasteiger partial charge in [-0.05, 0) is 51.2 Å². The van der Waals surface area contributed by atoms with E-state index >= 15 is 0 Å². The number of ketones is 1. The summed E-state index contributed by atoms with van der Waals surface area (Å²) in [7, 11) is 0. The first kappa shape index (κ1) is 19.4. The highest BCUT2D eigenvalue weighted by Crippen LogP contribution is 2.28. The lowest BCUT2D eigenvalue weighted by atomic mass is 9.85. The maximum absolute atomic E-state index is 12.7. The molecular formula is C21H29N3O3. The molecule has 1 aliphatic carbocycles. The van der Waals surface area contributed by atoms with Crippen molar-refractivity contribution in [1.29, 1.82) is 0 Å². The van der Waals surface area contributed by atoms with Crippen LogP contribution in [0, 0.1) is 5.92 Å². The average Bonchev–Trinajstić information content (AvgIpc) is 2.97. The van der Waals surface area contributed by atoms with E-state index in [1.165, 1.54) is 19.3 Å². The molecule has 0 aliphatic heterocycles. The fraction of sp³-hybridized carbons (Fsp3) is 0.571. The molecule has 6 heteroatoms. The van der Waals surface area contributed by atoms with E-state index in [4.69, 9.17) is 4.74 Å². The van der Waals surface area contributed by atoms with Crippen LogP contribution in [0.5, 0.6) is 0 Å². The Balaban J connectivity index is 1.79. The van der Waals surface area contributed by atoms with Gasteiger partial charge in [0.1, 0.15) is 16.9 Å². The molecule has 0 saturated heterocycles. The summed E-state index contributed by atoms with van der Waals surface area (Å²) in [6.07, 6.45) is 7.43. The Labute approximate surface area is 160 Å². The van der Waals surface area contributed by atoms with E-state index in [0.29, 0.717) is 24.6 Å². The maximum atomic E-state index is 12.7. The zero-order valence-corrected chi connectivity index (χ0v) is 16.7. The number of ether oxygens (including phenoxy) is 1. The molecule has 146 valence electrons. The monoisotopic (exact) mass is 371 g/mol. The van der Waals surface area contributed by atoms with Gasteiger partial charge in [0, 0.05) is 25.4 Å². The van der Waals surface area contributed by atoms with Gasteiger partial charge in [-0.2, -0.15) is 0 Å². The molecule has 2 heterocycles. The van der Waals surface area contributed by atoms with Crippen molar-refractivity contribution in [3.8, 4) is 0 Å². The van der Waals surface area contributed by atoms with Gasteiger partial charge in [-0.25, -0.2) is 9.78 Å². The third-order valence-corrected chi connectivity index (χ3v) is 4.85. The molecule has 1 amide bonds. The second-order valence-corrected chi connectivity index (χ2v) is 8.36. The number of hydrogen-bond acceptors (Lipinski definition) is 4. The molecule has 0 unspecified atom stereocenters. The van der Waals surface area contributed by atoms with Gasteiger partial charge >= 0.3 is 6.09 Å². The van der Waals surface area contributed by atoms with Crippen LogP contribution in [0.4, 0.5) is 4.79 Å². The summed E-state index contributed by atoms with van der Waals surface area (Å²) in [6.45, 7) is 8.69. The predicted molar refractivity (Wildman–Crippen MR) is 104 cm³/mol. The highest BCUT2D eigenvalue weighted by molar-refractivity contribution is 5.94. The molecule has 1 aliphatic rings. The van der Waals surface area contributed by atoms with Crippen LogP contribution >= 0.6 is 0 Å². The number of carbonyl (C=O) groups is 2. The van der Waals surface area contributed by atoms with Gasteiger partial charge in [0.25, 0.3) is 0 Å². The highest BCUT2D eigenvalue weighted by Gasteiger charge is 2.27. The van der Waals surface area contributed by atoms with Crippen molar-refractivity contribution in [3.63, 3.8) is 0 Å². The fourth-order valence-corrected chi connectivity index (χ4v) is 3.18. The van der Waals surface area contributed by atoms with Crippen LogP contribution in [-0.4, -0.2) is 38.3 Å². The topological polar surface area (TPSA) is 63.9 Å². The van der Waals surface area contributed by atoms with E-state index in [2.05, 4.69) is 4.98 Å². The summed E-state index contributed by atoms with van der Waals surface area (Å²) < 4.78 is 7.46. The number of rotatable bonds is 6. The predicted octanol–water partition coefficient (Wildman–Crippen LogP) is 4.46. The van der Waals surface area contributed by atoms with Crippen LogP contribution in [0.3, 0.4) is 0 Å². The lowest BCUT2D eigenvalue weighted by Gasteiger charge is -2.33. The van der Waals surface area contributed by atoms with Crippen LogP contribution in [0.25, 0.3) is 5.65 Å². The number of fused-ring (bicyclic) bond motifs is 1. The minimum absolute atomic E-state index is 0.0283. The molecule has 2 aromatic heterocycles. The van der Waals surface area contributed by atoms with E-state index in [9.17, 15) is 9.59 Å². The molecule has 0 bridgehead atoms. The Morgan fingerprint density at radius 1 is 1.26 bits per heavy atom. The molecule has 2 aromatic rings. The zero-order chi connectivity index (χ0) is 19.6. The minimum atomic E-state index is -0.515. The number of Topliss-reactive ketones (excluding diaryl/α,β-unsaturated/α-hetero) is 1. The molecule has 6 nitrogen and oxygen atoms in total. The van der Waals surface area contributed by atoms with E-state index in [0.717, 1.165) is 17.8 Å². The van der Waals surface area contributed by atoms with Gasteiger partial charge < -0.3 is 14.0 Å². The van der Waals surface area contributed by atoms with E-state index in [-0.39, 0.29) is 11.9 Å². The summed E-state index contributed by atoms with van der Waals surface area (Å²) in [6, 6.07) is 3.85. The standard InChI is InChI=1S/C21H29N3O3/c1-5-18(25)17-14-23-12-16(9-10-19(23)22-17)13-24(11-15-7-6-8-15)20(26)27-21(2,3)4/h9-10,12,14-15H,5-8,11,13H2,1-4H3. The van der Waals surface area contributed by atoms with Crippen molar-refractivity contribution >= 4 is 17.5 Å². The van der Waals surface area contributed by atoms with E-state index in [1.807, 2.05) is 50.4 Å². The van der Waals surface area contributed by atoms with Crippen molar-refractivity contribution < 1.29 is 14.3 Å². The number of hydrogen-bond donors (Lipinski definition) is 0. The summed E-state index contributed by atoms with van der Waals surface area (Å²) in [5.74, 6) is 0.587. The van der Waals surface area contributed by atoms with Gasteiger partial charge in [0.05, 0.1) is 6.54 Å². The molecule has 1 saturated carbocycles. The zero-order valence-electron chi connectivity index (χ0n) is 16.7. The van der Waals surface area contributed by atoms with Crippen molar-refractivity contribution in [2.75, 3.05) is 6.54 Å². The number of aromatic nitrogens is 2. The first-order valence-electron chi connectivity index (χ1n) is 9.74. The molecule has 3 rings (SSSR count). The van der Waals surface area contributed by atoms with Gasteiger partial charge in [0.15, 0.2) is 5.78 Å². The van der Waals surface area contributed by atoms with Crippen LogP contribution in [0.15, 0.2) is 24.5 Å². The summed E-state index contributed by atoms with van der Waals surface area (Å²) in [5.41, 5.74) is 1.69. The Hall–Kier alpha value is -2.37. The van der Waals surface area contributed by atoms with Crippen LogP contribution in [0.2, 0.25) is 0 Å². The van der Waals surface area contributed by atoms with Gasteiger partial charge in [-0.1, -0.05) is 19.4 Å². The number of imidazole rings is 1. The van der Waals surface area contributed by atoms with Crippen molar-refractivity contribution in [2.24, 2.45) is 5.92 Å². The molecule has 0 atom stereocenters. The minimum Gasteiger partial charge on any atom is -0.444 e. The van der Waals surface area contributed by atoms with Gasteiger partial charge in [0.2, 0.25) is 0 Å². The second-order valence-electron chi connectivity index (χ2n) is 8.36. The third-order valence-electron chi connectivity index (χ3n) is 4.85. The van der Waals surface area contributed by atoms with Gasteiger partial charge in [-0.15, -0.1) is 0 Å². The number of pyridine rings is 1. The van der Waals surface area contributed by atoms with E-state index in [1.54, 1.807) is 11.1 Å². The molecule has 0 radical (unpaired) electrons. The Morgan fingerprint density at radius 3 is 2.59 bits per heavy atom. The smallest absolute Gasteiger partial charge is 0.410 e. The van der Waals surface area contributed by atoms with Crippen molar-refractivity contribution in [2.45, 2.75) is 65.5 Å². The molecule has 0 N–H and O–H groups in total. The van der Waals surface area contributed by atoms with Gasteiger partial charge in [-0.3, -0.25) is 4.79 Å². The second kappa shape index (κ2) is 7.71. The summed E-state index contributed by atoms with van der Waals surface area (Å²) in [4.78, 5) is 30.7. The lowest BCUT2D eigenvalue weighted by molar-refractivity contribution is 0.0173. The number of carbonyl (C=O) groups excluding carboxylic acids is 2. The number of nitrogens with zero attached hydrogens (tertiary/aromatic N) is 3. The third kappa shape index (κ3) is 4.87. The van der Waals surface area contributed by atoms with Crippen LogP contribution < -0.4 is 0 Å². The quantitative estimate of drug-likeness (QED) is 0.703. The molecule has 27 heavy (non-hydrogen) atoms. The fourth-order valence-electron chi connectivity index (χ4n) is 3.18. The first-order chi connectivity index (χ1) is 12.7.